The summed E-state index contributed by atoms with van der Waals surface area (Å²) < 4.78 is 4.88. The number of carbonyl (C=O) groups excluding carboxylic acids is 2. The molecule has 3 amide bonds. The van der Waals surface area contributed by atoms with Crippen LogP contribution >= 0.6 is 0 Å². The molecular formula is C15H17N3O3. The van der Waals surface area contributed by atoms with Gasteiger partial charge in [-0.25, -0.2) is 9.59 Å². The molecule has 6 heteroatoms. The molecule has 0 radical (unpaired) electrons. The molecule has 0 atom stereocenters. The molecule has 0 saturated carbocycles. The van der Waals surface area contributed by atoms with Crippen molar-refractivity contribution >= 4 is 17.8 Å². The van der Waals surface area contributed by atoms with Gasteiger partial charge in [-0.2, -0.15) is 0 Å². The van der Waals surface area contributed by atoms with Crippen molar-refractivity contribution in [2.24, 2.45) is 0 Å². The molecule has 0 bridgehead atoms. The Labute approximate surface area is 123 Å². The Morgan fingerprint density at radius 2 is 2.10 bits per heavy atom. The molecular weight excluding hydrogens is 270 g/mol. The maximum absolute atomic E-state index is 11.4. The number of benzene rings is 1. The van der Waals surface area contributed by atoms with Crippen molar-refractivity contribution in [1.82, 2.24) is 10.6 Å². The van der Waals surface area contributed by atoms with Crippen LogP contribution < -0.4 is 15.5 Å². The highest BCUT2D eigenvalue weighted by Gasteiger charge is 2.22. The van der Waals surface area contributed by atoms with Crippen LogP contribution in [0.4, 0.5) is 15.3 Å². The summed E-state index contributed by atoms with van der Waals surface area (Å²) in [6, 6.07) is 7.09. The minimum Gasteiger partial charge on any atom is -0.447 e. The molecule has 2 N–H and O–H groups in total. The summed E-state index contributed by atoms with van der Waals surface area (Å²) in [5.41, 5.74) is 1.62. The Balaban J connectivity index is 1.88. The molecule has 0 aromatic heterocycles. The third kappa shape index (κ3) is 4.14. The zero-order valence-corrected chi connectivity index (χ0v) is 11.8. The van der Waals surface area contributed by atoms with Crippen molar-refractivity contribution in [1.29, 1.82) is 0 Å². The standard InChI is InChI=1S/C15H17N3O3/c1-2-16-14(19)17-9-3-4-12-5-7-13(8-6-12)18-10-11-21-15(18)20/h5-8H,2,9-11H2,1H3,(H2,16,17,19). The molecule has 1 aromatic carbocycles. The van der Waals surface area contributed by atoms with E-state index in [1.807, 2.05) is 31.2 Å². The fraction of sp³-hybridized carbons (Fsp3) is 0.333. The number of nitrogens with one attached hydrogen (secondary N) is 2. The lowest BCUT2D eigenvalue weighted by Gasteiger charge is -2.11. The van der Waals surface area contributed by atoms with E-state index in [0.29, 0.717) is 19.7 Å². The van der Waals surface area contributed by atoms with E-state index in [1.165, 1.54) is 0 Å². The topological polar surface area (TPSA) is 70.7 Å². The van der Waals surface area contributed by atoms with Crippen LogP contribution in [0.5, 0.6) is 0 Å². The van der Waals surface area contributed by atoms with Crippen LogP contribution in [-0.2, 0) is 4.74 Å². The van der Waals surface area contributed by atoms with Crippen LogP contribution in [0.2, 0.25) is 0 Å². The zero-order chi connectivity index (χ0) is 15.1. The minimum absolute atomic E-state index is 0.227. The molecule has 1 aromatic rings. The molecule has 1 heterocycles. The molecule has 2 rings (SSSR count). The van der Waals surface area contributed by atoms with E-state index < -0.39 is 0 Å². The first-order valence-electron chi connectivity index (χ1n) is 6.75. The van der Waals surface area contributed by atoms with E-state index in [-0.39, 0.29) is 18.7 Å². The Morgan fingerprint density at radius 1 is 1.33 bits per heavy atom. The summed E-state index contributed by atoms with van der Waals surface area (Å²) in [6.07, 6.45) is -0.319. The van der Waals surface area contributed by atoms with E-state index in [9.17, 15) is 9.59 Å². The van der Waals surface area contributed by atoms with E-state index in [1.54, 1.807) is 4.90 Å². The molecule has 1 saturated heterocycles. The van der Waals surface area contributed by atoms with Crippen molar-refractivity contribution in [2.75, 3.05) is 31.1 Å². The lowest BCUT2D eigenvalue weighted by atomic mass is 10.2. The van der Waals surface area contributed by atoms with E-state index in [0.717, 1.165) is 11.3 Å². The predicted molar refractivity (Wildman–Crippen MR) is 79.1 cm³/mol. The number of hydrogen-bond donors (Lipinski definition) is 2. The average Bonchev–Trinajstić information content (AvgIpc) is 2.91. The maximum Gasteiger partial charge on any atom is 0.414 e. The predicted octanol–water partition coefficient (Wildman–Crippen LogP) is 1.31. The fourth-order valence-corrected chi connectivity index (χ4v) is 1.85. The smallest absolute Gasteiger partial charge is 0.414 e. The van der Waals surface area contributed by atoms with Crippen LogP contribution in [0.15, 0.2) is 24.3 Å². The second-order valence-corrected chi connectivity index (χ2v) is 4.33. The summed E-state index contributed by atoms with van der Waals surface area (Å²) in [5.74, 6) is 5.81. The SMILES string of the molecule is CCNC(=O)NCC#Cc1ccc(N2CCOC2=O)cc1. The first-order valence-corrected chi connectivity index (χ1v) is 6.75. The van der Waals surface area contributed by atoms with Gasteiger partial charge in [0.05, 0.1) is 13.1 Å². The maximum atomic E-state index is 11.4. The van der Waals surface area contributed by atoms with E-state index >= 15 is 0 Å². The van der Waals surface area contributed by atoms with Gasteiger partial charge < -0.3 is 15.4 Å². The monoisotopic (exact) mass is 287 g/mol. The lowest BCUT2D eigenvalue weighted by molar-refractivity contribution is 0.181. The third-order valence-electron chi connectivity index (χ3n) is 2.85. The first kappa shape index (κ1) is 14.7. The number of rotatable bonds is 3. The molecule has 1 aliphatic heterocycles. The first-order chi connectivity index (χ1) is 10.2. The highest BCUT2D eigenvalue weighted by Crippen LogP contribution is 2.18. The third-order valence-corrected chi connectivity index (χ3v) is 2.85. The molecule has 0 spiro atoms. The summed E-state index contributed by atoms with van der Waals surface area (Å²) in [4.78, 5) is 24.1. The second kappa shape index (κ2) is 7.20. The highest BCUT2D eigenvalue weighted by atomic mass is 16.6. The Hall–Kier alpha value is -2.68. The van der Waals surface area contributed by atoms with Crippen LogP contribution in [-0.4, -0.2) is 38.4 Å². The van der Waals surface area contributed by atoms with Gasteiger partial charge in [-0.05, 0) is 31.2 Å². The number of cyclic esters (lactones) is 1. The number of carbonyl (C=O) groups is 2. The van der Waals surface area contributed by atoms with Crippen molar-refractivity contribution in [3.63, 3.8) is 0 Å². The molecule has 0 unspecified atom stereocenters. The van der Waals surface area contributed by atoms with Gasteiger partial charge in [0.25, 0.3) is 0 Å². The van der Waals surface area contributed by atoms with Crippen molar-refractivity contribution < 1.29 is 14.3 Å². The molecule has 1 aliphatic rings. The highest BCUT2D eigenvalue weighted by molar-refractivity contribution is 5.89. The summed E-state index contributed by atoms with van der Waals surface area (Å²) in [7, 11) is 0. The molecule has 6 nitrogen and oxygen atoms in total. The molecule has 21 heavy (non-hydrogen) atoms. The van der Waals surface area contributed by atoms with Gasteiger partial charge in [0, 0.05) is 17.8 Å². The van der Waals surface area contributed by atoms with Crippen molar-refractivity contribution in [3.8, 4) is 11.8 Å². The van der Waals surface area contributed by atoms with Gasteiger partial charge >= 0.3 is 12.1 Å². The number of urea groups is 1. The van der Waals surface area contributed by atoms with Gasteiger partial charge in [0.15, 0.2) is 0 Å². The Kier molecular flexibility index (Phi) is 5.04. The quantitative estimate of drug-likeness (QED) is 0.824. The number of anilines is 1. The normalized spacial score (nSPS) is 13.2. The number of ether oxygens (including phenoxy) is 1. The summed E-state index contributed by atoms with van der Waals surface area (Å²) in [5, 5.41) is 5.24. The Morgan fingerprint density at radius 3 is 2.71 bits per heavy atom. The largest absolute Gasteiger partial charge is 0.447 e. The van der Waals surface area contributed by atoms with Crippen LogP contribution in [0, 0.1) is 11.8 Å². The molecule has 110 valence electrons. The average molecular weight is 287 g/mol. The minimum atomic E-state index is -0.319. The van der Waals surface area contributed by atoms with E-state index in [2.05, 4.69) is 22.5 Å². The number of nitrogens with zero attached hydrogens (tertiary/aromatic N) is 1. The van der Waals surface area contributed by atoms with Crippen LogP contribution in [0.25, 0.3) is 0 Å². The second-order valence-electron chi connectivity index (χ2n) is 4.33. The summed E-state index contributed by atoms with van der Waals surface area (Å²) in [6.45, 7) is 3.71. The van der Waals surface area contributed by atoms with Gasteiger partial charge in [-0.15, -0.1) is 0 Å². The molecule has 1 fully saturated rings. The van der Waals surface area contributed by atoms with Crippen LogP contribution in [0.3, 0.4) is 0 Å². The Bertz CT molecular complexity index is 572. The van der Waals surface area contributed by atoms with Crippen LogP contribution in [0.1, 0.15) is 12.5 Å². The van der Waals surface area contributed by atoms with Crippen molar-refractivity contribution in [3.05, 3.63) is 29.8 Å². The molecule has 0 aliphatic carbocycles. The van der Waals surface area contributed by atoms with Gasteiger partial charge in [0.2, 0.25) is 0 Å². The lowest BCUT2D eigenvalue weighted by Crippen LogP contribution is -2.35. The van der Waals surface area contributed by atoms with Crippen molar-refractivity contribution in [2.45, 2.75) is 6.92 Å². The number of hydrogen-bond acceptors (Lipinski definition) is 3. The van der Waals surface area contributed by atoms with Gasteiger partial charge in [-0.3, -0.25) is 4.90 Å². The summed E-state index contributed by atoms with van der Waals surface area (Å²) >= 11 is 0. The van der Waals surface area contributed by atoms with E-state index in [4.69, 9.17) is 4.74 Å². The zero-order valence-electron chi connectivity index (χ0n) is 11.8. The van der Waals surface area contributed by atoms with Gasteiger partial charge in [-0.1, -0.05) is 11.8 Å². The number of amides is 3. The van der Waals surface area contributed by atoms with Gasteiger partial charge in [0.1, 0.15) is 6.61 Å². The fourth-order valence-electron chi connectivity index (χ4n) is 1.85.